The van der Waals surface area contributed by atoms with Gasteiger partial charge in [-0.3, -0.25) is 0 Å². The van der Waals surface area contributed by atoms with Crippen LogP contribution in [-0.4, -0.2) is 39.4 Å². The second-order valence-corrected chi connectivity index (χ2v) is 5.35. The van der Waals surface area contributed by atoms with Crippen LogP contribution in [0.25, 0.3) is 0 Å². The molecule has 1 atom stereocenters. The van der Waals surface area contributed by atoms with Crippen LogP contribution in [0, 0.1) is 0 Å². The number of hydrogen-bond donors (Lipinski definition) is 1. The number of nitrogens with one attached hydrogen (secondary N) is 1. The van der Waals surface area contributed by atoms with E-state index in [1.807, 2.05) is 12.1 Å². The summed E-state index contributed by atoms with van der Waals surface area (Å²) in [5, 5.41) is 4.51. The van der Waals surface area contributed by atoms with Crippen molar-refractivity contribution >= 4 is 27.9 Å². The molecule has 0 radical (unpaired) electrons. The lowest BCUT2D eigenvalue weighted by atomic mass is 10.3. The van der Waals surface area contributed by atoms with Crippen LogP contribution in [0.1, 0.15) is 0 Å². The summed E-state index contributed by atoms with van der Waals surface area (Å²) >= 11 is 7.50. The van der Waals surface area contributed by atoms with Gasteiger partial charge in [0, 0.05) is 26.7 Å². The lowest BCUT2D eigenvalue weighted by Gasteiger charge is -2.28. The van der Waals surface area contributed by atoms with Crippen molar-refractivity contribution in [1.82, 2.24) is 5.32 Å². The van der Waals surface area contributed by atoms with Crippen molar-refractivity contribution in [1.29, 1.82) is 0 Å². The molecule has 1 aromatic heterocycles. The summed E-state index contributed by atoms with van der Waals surface area (Å²) in [5.74, 6) is 0. The van der Waals surface area contributed by atoms with Crippen LogP contribution in [0.4, 0.5) is 5.00 Å². The van der Waals surface area contributed by atoms with E-state index < -0.39 is 0 Å². The highest BCUT2D eigenvalue weighted by Crippen LogP contribution is 2.28. The van der Waals surface area contributed by atoms with E-state index in [1.54, 1.807) is 11.3 Å². The fraction of sp³-hybridized carbons (Fsp3) is 0.600. The maximum atomic E-state index is 5.90. The summed E-state index contributed by atoms with van der Waals surface area (Å²) < 4.78 is 6.48. The first-order chi connectivity index (χ1) is 7.25. The maximum Gasteiger partial charge on any atom is 0.0950 e. The minimum absolute atomic E-state index is 0.282. The summed E-state index contributed by atoms with van der Waals surface area (Å²) in [7, 11) is 2.07. The Hall–Kier alpha value is -0.290. The second kappa shape index (κ2) is 5.16. The Balaban J connectivity index is 1.88. The van der Waals surface area contributed by atoms with Crippen molar-refractivity contribution in [3.05, 3.63) is 16.5 Å². The topological polar surface area (TPSA) is 24.5 Å². The van der Waals surface area contributed by atoms with Crippen molar-refractivity contribution in [2.24, 2.45) is 0 Å². The summed E-state index contributed by atoms with van der Waals surface area (Å²) in [6, 6.07) is 3.97. The fourth-order valence-corrected chi connectivity index (χ4v) is 2.64. The fourth-order valence-electron chi connectivity index (χ4n) is 1.64. The van der Waals surface area contributed by atoms with Crippen molar-refractivity contribution in [2.75, 3.05) is 38.2 Å². The normalized spacial score (nSPS) is 21.6. The Morgan fingerprint density at radius 1 is 1.67 bits per heavy atom. The van der Waals surface area contributed by atoms with Gasteiger partial charge in [-0.25, -0.2) is 0 Å². The highest BCUT2D eigenvalue weighted by Gasteiger charge is 2.16. The summed E-state index contributed by atoms with van der Waals surface area (Å²) in [5.41, 5.74) is 0. The third-order valence-corrected chi connectivity index (χ3v) is 3.76. The lowest BCUT2D eigenvalue weighted by molar-refractivity contribution is 0.0341. The van der Waals surface area contributed by atoms with Gasteiger partial charge in [-0.1, -0.05) is 11.6 Å². The van der Waals surface area contributed by atoms with Gasteiger partial charge in [-0.05, 0) is 12.1 Å². The molecular weight excluding hydrogens is 232 g/mol. The molecule has 0 saturated carbocycles. The lowest BCUT2D eigenvalue weighted by Crippen LogP contribution is -2.44. The zero-order chi connectivity index (χ0) is 10.7. The van der Waals surface area contributed by atoms with E-state index in [-0.39, 0.29) is 6.10 Å². The molecule has 2 heterocycles. The van der Waals surface area contributed by atoms with Gasteiger partial charge in [-0.2, -0.15) is 0 Å². The van der Waals surface area contributed by atoms with Gasteiger partial charge in [0.2, 0.25) is 0 Å². The van der Waals surface area contributed by atoms with E-state index >= 15 is 0 Å². The number of nitrogens with zero attached hydrogens (tertiary/aromatic N) is 1. The molecule has 84 valence electrons. The highest BCUT2D eigenvalue weighted by atomic mass is 35.5. The molecule has 1 aromatic rings. The molecule has 0 spiro atoms. The van der Waals surface area contributed by atoms with Crippen LogP contribution in [0.15, 0.2) is 12.1 Å². The SMILES string of the molecule is CN(CC1CNCCO1)c1ccc(Cl)s1. The third-order valence-electron chi connectivity index (χ3n) is 2.42. The van der Waals surface area contributed by atoms with Gasteiger partial charge in [-0.15, -0.1) is 11.3 Å². The first-order valence-electron chi connectivity index (χ1n) is 5.04. The highest BCUT2D eigenvalue weighted by molar-refractivity contribution is 7.19. The molecule has 0 aromatic carbocycles. The predicted octanol–water partition coefficient (Wildman–Crippen LogP) is 1.83. The first-order valence-corrected chi connectivity index (χ1v) is 6.24. The third kappa shape index (κ3) is 3.08. The number of anilines is 1. The van der Waals surface area contributed by atoms with Crippen LogP contribution >= 0.6 is 22.9 Å². The number of thiophene rings is 1. The number of morpholine rings is 1. The number of rotatable bonds is 3. The van der Waals surface area contributed by atoms with E-state index in [4.69, 9.17) is 16.3 Å². The Bertz CT molecular complexity index is 312. The van der Waals surface area contributed by atoms with Gasteiger partial charge < -0.3 is 15.0 Å². The first kappa shape index (κ1) is 11.2. The maximum absolute atomic E-state index is 5.90. The Labute approximate surface area is 99.0 Å². The second-order valence-electron chi connectivity index (χ2n) is 3.66. The van der Waals surface area contributed by atoms with E-state index in [0.29, 0.717) is 0 Å². The number of likely N-dealkylation sites (N-methyl/N-ethyl adjacent to an activating group) is 1. The molecule has 1 aliphatic rings. The van der Waals surface area contributed by atoms with Crippen molar-refractivity contribution < 1.29 is 4.74 Å². The molecule has 0 amide bonds. The van der Waals surface area contributed by atoms with Crippen LogP contribution in [0.2, 0.25) is 4.34 Å². The van der Waals surface area contributed by atoms with E-state index in [0.717, 1.165) is 30.6 Å². The van der Waals surface area contributed by atoms with Crippen molar-refractivity contribution in [2.45, 2.75) is 6.10 Å². The quantitative estimate of drug-likeness (QED) is 0.881. The number of ether oxygens (including phenoxy) is 1. The van der Waals surface area contributed by atoms with Crippen LogP contribution in [-0.2, 0) is 4.74 Å². The molecule has 0 aliphatic carbocycles. The average molecular weight is 247 g/mol. The summed E-state index contributed by atoms with van der Waals surface area (Å²) in [6.45, 7) is 3.61. The molecule has 1 aliphatic heterocycles. The van der Waals surface area contributed by atoms with Gasteiger partial charge in [0.25, 0.3) is 0 Å². The Morgan fingerprint density at radius 3 is 3.13 bits per heavy atom. The van der Waals surface area contributed by atoms with Crippen LogP contribution in [0.5, 0.6) is 0 Å². The Morgan fingerprint density at radius 2 is 2.53 bits per heavy atom. The largest absolute Gasteiger partial charge is 0.374 e. The molecule has 5 heteroatoms. The molecule has 1 saturated heterocycles. The van der Waals surface area contributed by atoms with Crippen molar-refractivity contribution in [3.63, 3.8) is 0 Å². The van der Waals surface area contributed by atoms with Crippen LogP contribution < -0.4 is 10.2 Å². The van der Waals surface area contributed by atoms with E-state index in [9.17, 15) is 0 Å². The molecule has 3 nitrogen and oxygen atoms in total. The monoisotopic (exact) mass is 246 g/mol. The van der Waals surface area contributed by atoms with Gasteiger partial charge >= 0.3 is 0 Å². The molecule has 2 rings (SSSR count). The average Bonchev–Trinajstić information content (AvgIpc) is 2.66. The predicted molar refractivity (Wildman–Crippen MR) is 65.2 cm³/mol. The van der Waals surface area contributed by atoms with E-state index in [1.165, 1.54) is 5.00 Å². The van der Waals surface area contributed by atoms with E-state index in [2.05, 4.69) is 17.3 Å². The molecule has 0 bridgehead atoms. The number of halogens is 1. The molecular formula is C10H15ClN2OS. The Kier molecular flexibility index (Phi) is 3.86. The van der Waals surface area contributed by atoms with Gasteiger partial charge in [0.1, 0.15) is 0 Å². The summed E-state index contributed by atoms with van der Waals surface area (Å²) in [4.78, 5) is 2.19. The minimum atomic E-state index is 0.282. The minimum Gasteiger partial charge on any atom is -0.374 e. The molecule has 1 fully saturated rings. The number of hydrogen-bond acceptors (Lipinski definition) is 4. The molecule has 1 N–H and O–H groups in total. The van der Waals surface area contributed by atoms with Crippen molar-refractivity contribution in [3.8, 4) is 0 Å². The standard InChI is InChI=1S/C10H15ClN2OS/c1-13(10-3-2-9(11)15-10)7-8-6-12-4-5-14-8/h2-3,8,12H,4-7H2,1H3. The van der Waals surface area contributed by atoms with Gasteiger partial charge in [0.05, 0.1) is 22.0 Å². The molecule has 1 unspecified atom stereocenters. The zero-order valence-corrected chi connectivity index (χ0v) is 10.3. The summed E-state index contributed by atoms with van der Waals surface area (Å²) in [6.07, 6.45) is 0.282. The van der Waals surface area contributed by atoms with Crippen LogP contribution in [0.3, 0.4) is 0 Å². The molecule has 15 heavy (non-hydrogen) atoms. The smallest absolute Gasteiger partial charge is 0.0950 e. The van der Waals surface area contributed by atoms with Gasteiger partial charge in [0.15, 0.2) is 0 Å². The zero-order valence-electron chi connectivity index (χ0n) is 8.70.